The molecule has 0 aromatic heterocycles. The molecular weight excluding hydrogens is 202 g/mol. The summed E-state index contributed by atoms with van der Waals surface area (Å²) in [5.41, 5.74) is 0.457. The summed E-state index contributed by atoms with van der Waals surface area (Å²) in [6, 6.07) is 0.595. The van der Waals surface area contributed by atoms with Crippen LogP contribution in [-0.2, 0) is 0 Å². The zero-order chi connectivity index (χ0) is 8.91. The lowest BCUT2D eigenvalue weighted by Crippen LogP contribution is -2.30. The van der Waals surface area contributed by atoms with E-state index in [1.54, 1.807) is 0 Å². The van der Waals surface area contributed by atoms with Crippen LogP contribution < -0.4 is 5.32 Å². The normalized spacial score (nSPS) is 15.0. The number of nitrogens with one attached hydrogen (secondary N) is 1. The quantitative estimate of drug-likeness (QED) is 0.721. The van der Waals surface area contributed by atoms with Crippen molar-refractivity contribution in [2.24, 2.45) is 5.41 Å². The molecule has 0 saturated heterocycles. The number of hydrogen-bond acceptors (Lipinski definition) is 1. The van der Waals surface area contributed by atoms with Crippen LogP contribution in [0.25, 0.3) is 0 Å². The smallest absolute Gasteiger partial charge is 0.0183 e. The van der Waals surface area contributed by atoms with Crippen LogP contribution in [0.5, 0.6) is 0 Å². The number of halogens is 1. The Morgan fingerprint density at radius 2 is 1.91 bits per heavy atom. The fourth-order valence-corrected chi connectivity index (χ4v) is 0.977. The molecule has 0 aliphatic rings. The maximum absolute atomic E-state index is 3.44. The van der Waals surface area contributed by atoms with Crippen LogP contribution in [0.1, 0.15) is 34.1 Å². The predicted molar refractivity (Wildman–Crippen MR) is 55.3 cm³/mol. The minimum Gasteiger partial charge on any atom is -0.313 e. The monoisotopic (exact) mass is 221 g/mol. The van der Waals surface area contributed by atoms with Crippen LogP contribution in [0.2, 0.25) is 0 Å². The molecule has 0 radical (unpaired) electrons. The van der Waals surface area contributed by atoms with Gasteiger partial charge in [-0.25, -0.2) is 0 Å². The van der Waals surface area contributed by atoms with Gasteiger partial charge in [-0.2, -0.15) is 0 Å². The molecule has 0 amide bonds. The van der Waals surface area contributed by atoms with Gasteiger partial charge in [0.25, 0.3) is 0 Å². The van der Waals surface area contributed by atoms with Crippen molar-refractivity contribution >= 4 is 15.9 Å². The highest BCUT2D eigenvalue weighted by molar-refractivity contribution is 9.09. The van der Waals surface area contributed by atoms with E-state index in [2.05, 4.69) is 48.9 Å². The summed E-state index contributed by atoms with van der Waals surface area (Å²) in [5.74, 6) is 0. The Hall–Kier alpha value is 0.440. The predicted octanol–water partition coefficient (Wildman–Crippen LogP) is 2.80. The van der Waals surface area contributed by atoms with Gasteiger partial charge in [-0.1, -0.05) is 36.7 Å². The summed E-state index contributed by atoms with van der Waals surface area (Å²) in [6.07, 6.45) is 1.24. The highest BCUT2D eigenvalue weighted by Crippen LogP contribution is 2.16. The van der Waals surface area contributed by atoms with Crippen molar-refractivity contribution in [2.45, 2.75) is 40.2 Å². The van der Waals surface area contributed by atoms with Gasteiger partial charge in [0.15, 0.2) is 0 Å². The molecule has 0 spiro atoms. The highest BCUT2D eigenvalue weighted by atomic mass is 79.9. The molecule has 0 aromatic carbocycles. The van der Waals surface area contributed by atoms with Crippen LogP contribution in [0.4, 0.5) is 0 Å². The standard InChI is InChI=1S/C9H20BrN/c1-8(7-10)11-6-5-9(2,3)4/h8,11H,5-7H2,1-4H3. The largest absolute Gasteiger partial charge is 0.313 e. The van der Waals surface area contributed by atoms with Crippen molar-refractivity contribution in [3.63, 3.8) is 0 Å². The average Bonchev–Trinajstić information content (AvgIpc) is 1.85. The van der Waals surface area contributed by atoms with Crippen molar-refractivity contribution in [1.82, 2.24) is 5.32 Å². The third kappa shape index (κ3) is 8.35. The zero-order valence-electron chi connectivity index (χ0n) is 8.08. The van der Waals surface area contributed by atoms with Gasteiger partial charge >= 0.3 is 0 Å². The first-order chi connectivity index (χ1) is 4.95. The fourth-order valence-electron chi connectivity index (χ4n) is 0.748. The summed E-state index contributed by atoms with van der Waals surface area (Å²) in [5, 5.41) is 4.48. The maximum Gasteiger partial charge on any atom is 0.0183 e. The number of hydrogen-bond donors (Lipinski definition) is 1. The first kappa shape index (κ1) is 11.4. The van der Waals surface area contributed by atoms with E-state index in [9.17, 15) is 0 Å². The molecule has 1 N–H and O–H groups in total. The summed E-state index contributed by atoms with van der Waals surface area (Å²) in [4.78, 5) is 0. The van der Waals surface area contributed by atoms with Gasteiger partial charge in [-0.15, -0.1) is 0 Å². The molecular formula is C9H20BrN. The molecule has 1 nitrogen and oxygen atoms in total. The van der Waals surface area contributed by atoms with Crippen LogP contribution in [0.15, 0.2) is 0 Å². The molecule has 0 bridgehead atoms. The maximum atomic E-state index is 3.44. The molecule has 2 heteroatoms. The Morgan fingerprint density at radius 1 is 1.36 bits per heavy atom. The fraction of sp³-hybridized carbons (Fsp3) is 1.00. The van der Waals surface area contributed by atoms with Crippen LogP contribution in [0.3, 0.4) is 0 Å². The summed E-state index contributed by atoms with van der Waals surface area (Å²) in [6.45, 7) is 10.1. The van der Waals surface area contributed by atoms with Crippen LogP contribution in [-0.4, -0.2) is 17.9 Å². The van der Waals surface area contributed by atoms with Gasteiger partial charge in [-0.05, 0) is 25.3 Å². The lowest BCUT2D eigenvalue weighted by atomic mass is 9.92. The molecule has 0 rings (SSSR count). The van der Waals surface area contributed by atoms with Crippen molar-refractivity contribution in [3.8, 4) is 0 Å². The van der Waals surface area contributed by atoms with Crippen molar-refractivity contribution in [2.75, 3.05) is 11.9 Å². The molecule has 0 saturated carbocycles. The van der Waals surface area contributed by atoms with Gasteiger partial charge in [0.2, 0.25) is 0 Å². The molecule has 1 atom stereocenters. The molecule has 0 aliphatic carbocycles. The molecule has 0 heterocycles. The summed E-state index contributed by atoms with van der Waals surface area (Å²) >= 11 is 3.43. The van der Waals surface area contributed by atoms with Crippen molar-refractivity contribution in [1.29, 1.82) is 0 Å². The van der Waals surface area contributed by atoms with Crippen LogP contribution in [0, 0.1) is 5.41 Å². The number of rotatable bonds is 4. The zero-order valence-corrected chi connectivity index (χ0v) is 9.66. The second-order valence-corrected chi connectivity index (χ2v) is 4.97. The minimum atomic E-state index is 0.457. The Bertz CT molecular complexity index is 96.2. The van der Waals surface area contributed by atoms with E-state index >= 15 is 0 Å². The Labute approximate surface area is 79.1 Å². The molecule has 1 unspecified atom stereocenters. The van der Waals surface area contributed by atoms with Gasteiger partial charge in [0, 0.05) is 11.4 Å². The molecule has 0 fully saturated rings. The lowest BCUT2D eigenvalue weighted by Gasteiger charge is -2.19. The van der Waals surface area contributed by atoms with Gasteiger partial charge < -0.3 is 5.32 Å². The van der Waals surface area contributed by atoms with Gasteiger partial charge in [-0.3, -0.25) is 0 Å². The average molecular weight is 222 g/mol. The molecule has 11 heavy (non-hydrogen) atoms. The van der Waals surface area contributed by atoms with Crippen LogP contribution >= 0.6 is 15.9 Å². The second-order valence-electron chi connectivity index (χ2n) is 4.32. The summed E-state index contributed by atoms with van der Waals surface area (Å²) < 4.78 is 0. The van der Waals surface area contributed by atoms with E-state index in [0.29, 0.717) is 11.5 Å². The van der Waals surface area contributed by atoms with E-state index in [4.69, 9.17) is 0 Å². The molecule has 68 valence electrons. The van der Waals surface area contributed by atoms with Crippen molar-refractivity contribution < 1.29 is 0 Å². The summed E-state index contributed by atoms with van der Waals surface area (Å²) in [7, 11) is 0. The molecule has 0 aromatic rings. The highest BCUT2D eigenvalue weighted by Gasteiger charge is 2.09. The van der Waals surface area contributed by atoms with Gasteiger partial charge in [0.1, 0.15) is 0 Å². The Kier molecular flexibility index (Phi) is 5.36. The second kappa shape index (κ2) is 5.15. The van der Waals surface area contributed by atoms with Crippen molar-refractivity contribution in [3.05, 3.63) is 0 Å². The molecule has 0 aliphatic heterocycles. The van der Waals surface area contributed by atoms with E-state index < -0.39 is 0 Å². The minimum absolute atomic E-state index is 0.457. The first-order valence-electron chi connectivity index (χ1n) is 4.25. The van der Waals surface area contributed by atoms with E-state index in [1.165, 1.54) is 6.42 Å². The van der Waals surface area contributed by atoms with E-state index in [0.717, 1.165) is 11.9 Å². The lowest BCUT2D eigenvalue weighted by molar-refractivity contribution is 0.361. The first-order valence-corrected chi connectivity index (χ1v) is 5.37. The van der Waals surface area contributed by atoms with Gasteiger partial charge in [0.05, 0.1) is 0 Å². The third-order valence-electron chi connectivity index (χ3n) is 1.60. The SMILES string of the molecule is CC(CBr)NCCC(C)(C)C. The number of alkyl halides is 1. The Balaban J connectivity index is 3.28. The third-order valence-corrected chi connectivity index (χ3v) is 2.57. The Morgan fingerprint density at radius 3 is 2.27 bits per heavy atom. The topological polar surface area (TPSA) is 12.0 Å². The van der Waals surface area contributed by atoms with E-state index in [-0.39, 0.29) is 0 Å². The van der Waals surface area contributed by atoms with E-state index in [1.807, 2.05) is 0 Å².